The fourth-order valence-electron chi connectivity index (χ4n) is 8.03. The number of unbranched alkanes of at least 4 members (excludes halogenated alkanes) is 22. The third-order valence-corrected chi connectivity index (χ3v) is 12.5. The maximum Gasteiger partial charge on any atom is 0.306 e. The highest BCUT2D eigenvalue weighted by Gasteiger charge is 2.19. The molecule has 0 N–H and O–H groups in total. The predicted octanol–water partition coefficient (Wildman–Crippen LogP) is 20.4. The zero-order valence-electron chi connectivity index (χ0n) is 47.4. The Kier molecular flexibility index (Phi) is 56.9. The second-order valence-electron chi connectivity index (χ2n) is 19.5. The van der Waals surface area contributed by atoms with E-state index in [-0.39, 0.29) is 37.5 Å². The van der Waals surface area contributed by atoms with Crippen LogP contribution in [0.2, 0.25) is 0 Å². The van der Waals surface area contributed by atoms with E-state index < -0.39 is 6.10 Å². The second-order valence-corrected chi connectivity index (χ2v) is 19.5. The second kappa shape index (κ2) is 60.4. The fraction of sp³-hybridized carbons (Fsp3) is 0.657. The van der Waals surface area contributed by atoms with E-state index >= 15 is 0 Å². The first-order valence-electron chi connectivity index (χ1n) is 30.0. The van der Waals surface area contributed by atoms with Crippen LogP contribution in [-0.4, -0.2) is 37.2 Å². The van der Waals surface area contributed by atoms with Crippen LogP contribution in [0.3, 0.4) is 0 Å². The molecule has 0 aromatic heterocycles. The lowest BCUT2D eigenvalue weighted by Gasteiger charge is -2.18. The van der Waals surface area contributed by atoms with Gasteiger partial charge in [0.25, 0.3) is 0 Å². The lowest BCUT2D eigenvalue weighted by molar-refractivity contribution is -0.167. The number of hydrogen-bond acceptors (Lipinski definition) is 6. The van der Waals surface area contributed by atoms with Crippen molar-refractivity contribution in [2.45, 2.75) is 271 Å². The van der Waals surface area contributed by atoms with Crippen LogP contribution in [-0.2, 0) is 28.6 Å². The van der Waals surface area contributed by atoms with E-state index in [1.165, 1.54) is 109 Å². The van der Waals surface area contributed by atoms with E-state index in [1.54, 1.807) is 0 Å². The normalized spacial score (nSPS) is 13.0. The summed E-state index contributed by atoms with van der Waals surface area (Å²) in [6.07, 6.45) is 83.6. The molecule has 73 heavy (non-hydrogen) atoms. The van der Waals surface area contributed by atoms with Gasteiger partial charge < -0.3 is 14.2 Å². The van der Waals surface area contributed by atoms with E-state index in [9.17, 15) is 14.4 Å². The SMILES string of the molecule is CC/C=C\C/C=C\C/C=C\C/C=C\C/C=C\CCCCCCCCCCCCCCCC(=O)OCC(COC(=O)CCCCCCCCCCC)OC(=O)CCC/C=C\C/C=C\C/C=C\C/C=C\C/C=C\CC. The van der Waals surface area contributed by atoms with Gasteiger partial charge >= 0.3 is 17.9 Å². The first kappa shape index (κ1) is 68.8. The van der Waals surface area contributed by atoms with Gasteiger partial charge in [-0.25, -0.2) is 0 Å². The molecule has 0 saturated heterocycles. The highest BCUT2D eigenvalue weighted by molar-refractivity contribution is 5.71. The topological polar surface area (TPSA) is 78.9 Å². The Morgan fingerprint density at radius 3 is 0.877 bits per heavy atom. The van der Waals surface area contributed by atoms with E-state index in [1.807, 2.05) is 0 Å². The Bertz CT molecular complexity index is 1540. The van der Waals surface area contributed by atoms with Crippen LogP contribution in [0, 0.1) is 0 Å². The van der Waals surface area contributed by atoms with Gasteiger partial charge in [0.15, 0.2) is 6.10 Å². The summed E-state index contributed by atoms with van der Waals surface area (Å²) in [5, 5.41) is 0. The van der Waals surface area contributed by atoms with Gasteiger partial charge in [-0.05, 0) is 103 Å². The van der Waals surface area contributed by atoms with Crippen molar-refractivity contribution in [2.24, 2.45) is 0 Å². The molecule has 1 unspecified atom stereocenters. The number of hydrogen-bond donors (Lipinski definition) is 0. The van der Waals surface area contributed by atoms with Gasteiger partial charge in [-0.2, -0.15) is 0 Å². The van der Waals surface area contributed by atoms with Crippen molar-refractivity contribution < 1.29 is 28.6 Å². The first-order valence-corrected chi connectivity index (χ1v) is 30.0. The minimum absolute atomic E-state index is 0.101. The van der Waals surface area contributed by atoms with Crippen molar-refractivity contribution in [1.82, 2.24) is 0 Å². The minimum Gasteiger partial charge on any atom is -0.462 e. The van der Waals surface area contributed by atoms with Crippen molar-refractivity contribution in [1.29, 1.82) is 0 Å². The Morgan fingerprint density at radius 1 is 0.288 bits per heavy atom. The molecule has 6 heteroatoms. The zero-order chi connectivity index (χ0) is 52.9. The molecule has 0 radical (unpaired) electrons. The van der Waals surface area contributed by atoms with Crippen molar-refractivity contribution >= 4 is 17.9 Å². The molecule has 0 saturated carbocycles. The van der Waals surface area contributed by atoms with Crippen LogP contribution >= 0.6 is 0 Å². The number of allylic oxidation sites excluding steroid dienone is 20. The van der Waals surface area contributed by atoms with Crippen molar-refractivity contribution in [3.05, 3.63) is 122 Å². The fourth-order valence-corrected chi connectivity index (χ4v) is 8.03. The lowest BCUT2D eigenvalue weighted by atomic mass is 10.0. The lowest BCUT2D eigenvalue weighted by Crippen LogP contribution is -2.30. The highest BCUT2D eigenvalue weighted by atomic mass is 16.6. The third-order valence-electron chi connectivity index (χ3n) is 12.5. The van der Waals surface area contributed by atoms with Gasteiger partial charge in [0.1, 0.15) is 13.2 Å². The van der Waals surface area contributed by atoms with Crippen LogP contribution in [0.15, 0.2) is 122 Å². The maximum atomic E-state index is 12.8. The van der Waals surface area contributed by atoms with Gasteiger partial charge in [0, 0.05) is 19.3 Å². The van der Waals surface area contributed by atoms with Crippen LogP contribution in [0.1, 0.15) is 265 Å². The molecule has 0 heterocycles. The third kappa shape index (κ3) is 58.6. The quantitative estimate of drug-likeness (QED) is 0.0261. The molecule has 0 aliphatic carbocycles. The Morgan fingerprint density at radius 2 is 0.548 bits per heavy atom. The number of ether oxygens (including phenoxy) is 3. The molecular weight excluding hydrogens is 901 g/mol. The Hall–Kier alpha value is -4.19. The molecule has 1 atom stereocenters. The minimum atomic E-state index is -0.808. The molecule has 0 aliphatic rings. The van der Waals surface area contributed by atoms with E-state index in [0.29, 0.717) is 19.3 Å². The summed E-state index contributed by atoms with van der Waals surface area (Å²) in [5.74, 6) is -0.963. The largest absolute Gasteiger partial charge is 0.462 e. The molecule has 414 valence electrons. The molecule has 0 aromatic carbocycles. The Balaban J connectivity index is 4.25. The van der Waals surface area contributed by atoms with Crippen LogP contribution in [0.4, 0.5) is 0 Å². The molecular formula is C67H110O6. The van der Waals surface area contributed by atoms with Crippen LogP contribution in [0.25, 0.3) is 0 Å². The van der Waals surface area contributed by atoms with Crippen LogP contribution in [0.5, 0.6) is 0 Å². The van der Waals surface area contributed by atoms with Crippen molar-refractivity contribution in [3.63, 3.8) is 0 Å². The number of esters is 3. The smallest absolute Gasteiger partial charge is 0.306 e. The van der Waals surface area contributed by atoms with Gasteiger partial charge in [-0.1, -0.05) is 264 Å². The van der Waals surface area contributed by atoms with E-state index in [4.69, 9.17) is 14.2 Å². The molecule has 0 rings (SSSR count). The predicted molar refractivity (Wildman–Crippen MR) is 316 cm³/mol. The standard InChI is InChI=1S/C67H110O6/c1-4-7-10-13-16-19-21-23-25-27-28-29-30-31-32-33-34-35-36-37-38-40-41-43-45-48-51-54-57-60-66(69)72-63-64(62-71-65(68)59-56-53-50-47-18-15-12-9-6-3)73-67(70)61-58-55-52-49-46-44-42-39-26-24-22-20-17-14-11-8-5-2/h7-8,10-11,16-17,19-20,23-26,28-29,31-32,42,44,49,52,64H,4-6,9,12-15,18,21-22,27,30,33-41,43,45-48,50-51,53-63H2,1-3H3/b10-7-,11-8-,19-16-,20-17-,25-23-,26-24-,29-28-,32-31-,44-42-,52-49-. The zero-order valence-corrected chi connectivity index (χ0v) is 47.4. The molecule has 0 amide bonds. The average Bonchev–Trinajstić information content (AvgIpc) is 3.39. The highest BCUT2D eigenvalue weighted by Crippen LogP contribution is 2.15. The van der Waals surface area contributed by atoms with Gasteiger partial charge in [0.2, 0.25) is 0 Å². The summed E-state index contributed by atoms with van der Waals surface area (Å²) in [6, 6.07) is 0. The molecule has 6 nitrogen and oxygen atoms in total. The summed E-state index contributed by atoms with van der Waals surface area (Å²) < 4.78 is 16.8. The summed E-state index contributed by atoms with van der Waals surface area (Å²) in [6.45, 7) is 6.35. The average molecular weight is 1010 g/mol. The summed E-state index contributed by atoms with van der Waals surface area (Å²) in [4.78, 5) is 38.1. The Labute approximate surface area is 450 Å². The van der Waals surface area contributed by atoms with Gasteiger partial charge in [-0.15, -0.1) is 0 Å². The van der Waals surface area contributed by atoms with E-state index in [0.717, 1.165) is 109 Å². The summed E-state index contributed by atoms with van der Waals surface area (Å²) >= 11 is 0. The van der Waals surface area contributed by atoms with Crippen LogP contribution < -0.4 is 0 Å². The summed E-state index contributed by atoms with van der Waals surface area (Å²) in [5.41, 5.74) is 0. The van der Waals surface area contributed by atoms with Gasteiger partial charge in [-0.3, -0.25) is 14.4 Å². The maximum absolute atomic E-state index is 12.8. The molecule has 0 aromatic rings. The first-order chi connectivity index (χ1) is 36.0. The monoisotopic (exact) mass is 1010 g/mol. The number of rotatable bonds is 53. The summed E-state index contributed by atoms with van der Waals surface area (Å²) in [7, 11) is 0. The van der Waals surface area contributed by atoms with Gasteiger partial charge in [0.05, 0.1) is 0 Å². The van der Waals surface area contributed by atoms with Crippen molar-refractivity contribution in [2.75, 3.05) is 13.2 Å². The van der Waals surface area contributed by atoms with E-state index in [2.05, 4.69) is 142 Å². The molecule has 0 aliphatic heterocycles. The molecule has 0 bridgehead atoms. The number of carbonyl (C=O) groups is 3. The molecule has 0 fully saturated rings. The number of carbonyl (C=O) groups excluding carboxylic acids is 3. The van der Waals surface area contributed by atoms with Crippen molar-refractivity contribution in [3.8, 4) is 0 Å². The molecule has 0 spiro atoms.